The summed E-state index contributed by atoms with van der Waals surface area (Å²) < 4.78 is 1.83. The summed E-state index contributed by atoms with van der Waals surface area (Å²) in [5, 5.41) is 10.6. The lowest BCUT2D eigenvalue weighted by Gasteiger charge is -2.06. The summed E-state index contributed by atoms with van der Waals surface area (Å²) in [6, 6.07) is 18.4. The number of carbonyl (C=O) groups excluding carboxylic acids is 1. The Hall–Kier alpha value is -2.79. The van der Waals surface area contributed by atoms with E-state index in [9.17, 15) is 4.79 Å². The molecule has 5 nitrogen and oxygen atoms in total. The minimum absolute atomic E-state index is 0.322. The van der Waals surface area contributed by atoms with Crippen molar-refractivity contribution in [2.75, 3.05) is 10.6 Å². The zero-order valence-electron chi connectivity index (χ0n) is 13.2. The Kier molecular flexibility index (Phi) is 4.82. The van der Waals surface area contributed by atoms with Crippen LogP contribution in [0.25, 0.3) is 0 Å². The van der Waals surface area contributed by atoms with Gasteiger partial charge in [-0.1, -0.05) is 41.9 Å². The molecule has 24 heavy (non-hydrogen) atoms. The van der Waals surface area contributed by atoms with Crippen LogP contribution in [-0.2, 0) is 6.54 Å². The van der Waals surface area contributed by atoms with Crippen LogP contribution in [0.4, 0.5) is 16.3 Å². The second-order valence-electron chi connectivity index (χ2n) is 5.40. The molecule has 6 heteroatoms. The fourth-order valence-electron chi connectivity index (χ4n) is 2.29. The highest BCUT2D eigenvalue weighted by atomic mass is 35.5. The quantitative estimate of drug-likeness (QED) is 0.732. The average molecular weight is 341 g/mol. The van der Waals surface area contributed by atoms with Crippen molar-refractivity contribution in [1.29, 1.82) is 0 Å². The molecule has 0 aliphatic rings. The first-order valence-corrected chi connectivity index (χ1v) is 7.90. The third-order valence-corrected chi connectivity index (χ3v) is 3.75. The van der Waals surface area contributed by atoms with Gasteiger partial charge in [-0.15, -0.1) is 0 Å². The van der Waals surface area contributed by atoms with E-state index in [-0.39, 0.29) is 6.03 Å². The van der Waals surface area contributed by atoms with Crippen molar-refractivity contribution in [2.45, 2.75) is 13.5 Å². The van der Waals surface area contributed by atoms with Gasteiger partial charge in [-0.3, -0.25) is 10.00 Å². The standard InChI is InChI=1S/C18H17ClN4O/c1-13-11-17(21-18(24)20-16-5-3-2-4-6-16)22-23(13)12-14-7-9-15(19)10-8-14/h2-11H,12H2,1H3,(H2,20,21,22,24). The van der Waals surface area contributed by atoms with Crippen LogP contribution < -0.4 is 10.6 Å². The van der Waals surface area contributed by atoms with Crippen molar-refractivity contribution in [3.05, 3.63) is 76.9 Å². The number of urea groups is 1. The molecule has 3 aromatic rings. The second-order valence-corrected chi connectivity index (χ2v) is 5.84. The highest BCUT2D eigenvalue weighted by Gasteiger charge is 2.08. The number of benzene rings is 2. The first kappa shape index (κ1) is 16.1. The van der Waals surface area contributed by atoms with Gasteiger partial charge in [0.1, 0.15) is 0 Å². The molecule has 0 unspecified atom stereocenters. The largest absolute Gasteiger partial charge is 0.324 e. The fraction of sp³-hybridized carbons (Fsp3) is 0.111. The predicted octanol–water partition coefficient (Wildman–Crippen LogP) is 4.54. The summed E-state index contributed by atoms with van der Waals surface area (Å²) in [5.41, 5.74) is 2.78. The lowest BCUT2D eigenvalue weighted by atomic mass is 10.2. The van der Waals surface area contributed by atoms with E-state index in [1.54, 1.807) is 0 Å². The van der Waals surface area contributed by atoms with Crippen molar-refractivity contribution in [2.24, 2.45) is 0 Å². The normalized spacial score (nSPS) is 10.4. The number of halogens is 1. The summed E-state index contributed by atoms with van der Waals surface area (Å²) >= 11 is 5.90. The molecule has 0 aliphatic carbocycles. The van der Waals surface area contributed by atoms with E-state index in [4.69, 9.17) is 11.6 Å². The molecule has 0 saturated heterocycles. The molecular formula is C18H17ClN4O. The van der Waals surface area contributed by atoms with Gasteiger partial charge in [0, 0.05) is 22.5 Å². The molecule has 0 radical (unpaired) electrons. The molecule has 0 aliphatic heterocycles. The lowest BCUT2D eigenvalue weighted by molar-refractivity contribution is 0.262. The maximum Gasteiger partial charge on any atom is 0.324 e. The number of nitrogens with zero attached hydrogens (tertiary/aromatic N) is 2. The molecule has 1 aromatic heterocycles. The van der Waals surface area contributed by atoms with Crippen LogP contribution in [-0.4, -0.2) is 15.8 Å². The number of aryl methyl sites for hydroxylation is 1. The van der Waals surface area contributed by atoms with Gasteiger partial charge in [-0.25, -0.2) is 4.79 Å². The summed E-state index contributed by atoms with van der Waals surface area (Å²) in [6.07, 6.45) is 0. The minimum Gasteiger partial charge on any atom is -0.308 e. The zero-order chi connectivity index (χ0) is 16.9. The van der Waals surface area contributed by atoms with Crippen LogP contribution in [0.1, 0.15) is 11.3 Å². The number of nitrogens with one attached hydrogen (secondary N) is 2. The molecule has 0 bridgehead atoms. The highest BCUT2D eigenvalue weighted by molar-refractivity contribution is 6.30. The Morgan fingerprint density at radius 1 is 1.08 bits per heavy atom. The Bertz CT molecular complexity index is 828. The monoisotopic (exact) mass is 340 g/mol. The van der Waals surface area contributed by atoms with Crippen LogP contribution >= 0.6 is 11.6 Å². The molecule has 0 saturated carbocycles. The molecule has 3 rings (SSSR count). The van der Waals surface area contributed by atoms with Crippen LogP contribution in [0.5, 0.6) is 0 Å². The van der Waals surface area contributed by atoms with E-state index in [0.717, 1.165) is 16.9 Å². The Balaban J connectivity index is 1.65. The Labute approximate surface area is 145 Å². The van der Waals surface area contributed by atoms with Crippen molar-refractivity contribution in [3.63, 3.8) is 0 Å². The number of aromatic nitrogens is 2. The molecule has 122 valence electrons. The second kappa shape index (κ2) is 7.19. The number of anilines is 2. The maximum absolute atomic E-state index is 12.0. The minimum atomic E-state index is -0.322. The van der Waals surface area contributed by atoms with E-state index in [1.807, 2.05) is 72.3 Å². The van der Waals surface area contributed by atoms with Crippen molar-refractivity contribution in [1.82, 2.24) is 9.78 Å². The molecule has 0 spiro atoms. The third-order valence-electron chi connectivity index (χ3n) is 3.50. The van der Waals surface area contributed by atoms with Crippen LogP contribution in [0.15, 0.2) is 60.7 Å². The molecule has 0 atom stereocenters. The van der Waals surface area contributed by atoms with Gasteiger partial charge in [0.25, 0.3) is 0 Å². The van der Waals surface area contributed by atoms with Gasteiger partial charge in [0.2, 0.25) is 0 Å². The number of rotatable bonds is 4. The fourth-order valence-corrected chi connectivity index (χ4v) is 2.42. The van der Waals surface area contributed by atoms with Crippen molar-refractivity contribution < 1.29 is 4.79 Å². The number of para-hydroxylation sites is 1. The van der Waals surface area contributed by atoms with Gasteiger partial charge >= 0.3 is 6.03 Å². The first-order chi connectivity index (χ1) is 11.6. The van der Waals surface area contributed by atoms with E-state index in [0.29, 0.717) is 17.4 Å². The predicted molar refractivity (Wildman–Crippen MR) is 96.6 cm³/mol. The topological polar surface area (TPSA) is 59.0 Å². The molecule has 2 aromatic carbocycles. The van der Waals surface area contributed by atoms with E-state index < -0.39 is 0 Å². The summed E-state index contributed by atoms with van der Waals surface area (Å²) in [4.78, 5) is 12.0. The zero-order valence-corrected chi connectivity index (χ0v) is 13.9. The van der Waals surface area contributed by atoms with Gasteiger partial charge in [-0.2, -0.15) is 5.10 Å². The van der Waals surface area contributed by atoms with Crippen LogP contribution in [0, 0.1) is 6.92 Å². The van der Waals surface area contributed by atoms with Crippen molar-refractivity contribution in [3.8, 4) is 0 Å². The number of hydrogen-bond donors (Lipinski definition) is 2. The molecular weight excluding hydrogens is 324 g/mol. The summed E-state index contributed by atoms with van der Waals surface area (Å²) in [5.74, 6) is 0.509. The smallest absolute Gasteiger partial charge is 0.308 e. The number of carbonyl (C=O) groups is 1. The van der Waals surface area contributed by atoms with Gasteiger partial charge in [0.15, 0.2) is 5.82 Å². The van der Waals surface area contributed by atoms with Gasteiger partial charge < -0.3 is 5.32 Å². The number of amides is 2. The SMILES string of the molecule is Cc1cc(NC(=O)Nc2ccccc2)nn1Cc1ccc(Cl)cc1. The van der Waals surface area contributed by atoms with Gasteiger partial charge in [-0.05, 0) is 36.8 Å². The third kappa shape index (κ3) is 4.14. The van der Waals surface area contributed by atoms with Crippen molar-refractivity contribution >= 4 is 29.1 Å². The van der Waals surface area contributed by atoms with Crippen LogP contribution in [0.2, 0.25) is 5.02 Å². The summed E-state index contributed by atoms with van der Waals surface area (Å²) in [7, 11) is 0. The number of hydrogen-bond acceptors (Lipinski definition) is 2. The lowest BCUT2D eigenvalue weighted by Crippen LogP contribution is -2.19. The Morgan fingerprint density at radius 2 is 1.79 bits per heavy atom. The molecule has 2 N–H and O–H groups in total. The van der Waals surface area contributed by atoms with Gasteiger partial charge in [0.05, 0.1) is 6.54 Å². The Morgan fingerprint density at radius 3 is 2.50 bits per heavy atom. The average Bonchev–Trinajstić information content (AvgIpc) is 2.89. The van der Waals surface area contributed by atoms with E-state index in [2.05, 4.69) is 15.7 Å². The summed E-state index contributed by atoms with van der Waals surface area (Å²) in [6.45, 7) is 2.56. The highest BCUT2D eigenvalue weighted by Crippen LogP contribution is 2.14. The van der Waals surface area contributed by atoms with E-state index in [1.165, 1.54) is 0 Å². The maximum atomic E-state index is 12.0. The van der Waals surface area contributed by atoms with E-state index >= 15 is 0 Å². The molecule has 2 amide bonds. The molecule has 0 fully saturated rings. The molecule has 1 heterocycles. The van der Waals surface area contributed by atoms with Crippen LogP contribution in [0.3, 0.4) is 0 Å². The first-order valence-electron chi connectivity index (χ1n) is 7.52.